The minimum atomic E-state index is -2.96. The van der Waals surface area contributed by atoms with E-state index in [1.54, 1.807) is 25.3 Å². The molecule has 0 aliphatic rings. The van der Waals surface area contributed by atoms with Gasteiger partial charge in [-0.1, -0.05) is 6.92 Å². The fourth-order valence-electron chi connectivity index (χ4n) is 0.819. The molecule has 0 unspecified atom stereocenters. The van der Waals surface area contributed by atoms with Gasteiger partial charge in [0, 0.05) is 16.4 Å². The van der Waals surface area contributed by atoms with Crippen LogP contribution in [-0.2, 0) is 15.6 Å². The van der Waals surface area contributed by atoms with E-state index in [1.165, 1.54) is 0 Å². The number of aromatic nitrogens is 1. The molecule has 13 heavy (non-hydrogen) atoms. The first-order chi connectivity index (χ1) is 6.03. The highest BCUT2D eigenvalue weighted by Gasteiger charge is 2.09. The highest BCUT2D eigenvalue weighted by atomic mass is 79.9. The maximum Gasteiger partial charge on any atom is 0.155 e. The first kappa shape index (κ1) is 10.7. The predicted molar refractivity (Wildman–Crippen MR) is 55.1 cm³/mol. The van der Waals surface area contributed by atoms with E-state index in [0.717, 1.165) is 4.47 Å². The van der Waals surface area contributed by atoms with Gasteiger partial charge in [0.05, 0.1) is 11.4 Å². The van der Waals surface area contributed by atoms with Crippen LogP contribution in [0, 0.1) is 0 Å². The molecule has 0 N–H and O–H groups in total. The molecule has 0 aliphatic carbocycles. The van der Waals surface area contributed by atoms with Crippen LogP contribution >= 0.6 is 15.9 Å². The fourth-order valence-corrected chi connectivity index (χ4v) is 1.88. The summed E-state index contributed by atoms with van der Waals surface area (Å²) in [6, 6.07) is 3.49. The van der Waals surface area contributed by atoms with Crippen molar-refractivity contribution >= 4 is 25.8 Å². The average molecular weight is 264 g/mol. The summed E-state index contributed by atoms with van der Waals surface area (Å²) in [6.07, 6.45) is 1.60. The van der Waals surface area contributed by atoms with Crippen LogP contribution in [0.4, 0.5) is 0 Å². The van der Waals surface area contributed by atoms with Crippen molar-refractivity contribution in [1.29, 1.82) is 0 Å². The Morgan fingerprint density at radius 2 is 2.15 bits per heavy atom. The summed E-state index contributed by atoms with van der Waals surface area (Å²) in [5.41, 5.74) is 0.588. The molecular weight excluding hydrogens is 254 g/mol. The van der Waals surface area contributed by atoms with Crippen LogP contribution in [0.1, 0.15) is 12.6 Å². The van der Waals surface area contributed by atoms with E-state index in [0.29, 0.717) is 5.69 Å². The van der Waals surface area contributed by atoms with E-state index in [2.05, 4.69) is 20.9 Å². The van der Waals surface area contributed by atoms with Crippen molar-refractivity contribution in [2.45, 2.75) is 12.7 Å². The van der Waals surface area contributed by atoms with Crippen LogP contribution < -0.4 is 0 Å². The second-order valence-corrected chi connectivity index (χ2v) is 5.91. The van der Waals surface area contributed by atoms with E-state index in [-0.39, 0.29) is 11.5 Å². The Morgan fingerprint density at radius 3 is 2.62 bits per heavy atom. The number of nitrogens with zero attached hydrogens (tertiary/aromatic N) is 1. The molecule has 5 heteroatoms. The van der Waals surface area contributed by atoms with Crippen LogP contribution in [0.5, 0.6) is 0 Å². The lowest BCUT2D eigenvalue weighted by atomic mass is 10.4. The number of rotatable bonds is 3. The SMILES string of the molecule is CCS(=O)(=O)Cc1ccc(Br)cn1. The molecule has 0 bridgehead atoms. The molecule has 0 saturated heterocycles. The van der Waals surface area contributed by atoms with Gasteiger partial charge >= 0.3 is 0 Å². The van der Waals surface area contributed by atoms with Gasteiger partial charge in [-0.05, 0) is 28.1 Å². The lowest BCUT2D eigenvalue weighted by Crippen LogP contribution is -2.07. The third kappa shape index (κ3) is 3.44. The maximum atomic E-state index is 11.2. The zero-order chi connectivity index (χ0) is 9.90. The zero-order valence-electron chi connectivity index (χ0n) is 7.20. The van der Waals surface area contributed by atoms with Gasteiger partial charge in [0.2, 0.25) is 0 Å². The first-order valence-corrected chi connectivity index (χ1v) is 6.46. The molecule has 0 radical (unpaired) electrons. The molecule has 3 nitrogen and oxygen atoms in total. The quantitative estimate of drug-likeness (QED) is 0.836. The Balaban J connectivity index is 2.82. The molecule has 0 aliphatic heterocycles. The van der Waals surface area contributed by atoms with Gasteiger partial charge in [0.15, 0.2) is 9.84 Å². The molecule has 0 aromatic carbocycles. The van der Waals surface area contributed by atoms with Crippen molar-refractivity contribution in [2.24, 2.45) is 0 Å². The molecule has 1 aromatic rings. The summed E-state index contributed by atoms with van der Waals surface area (Å²) in [5.74, 6) is 0.182. The summed E-state index contributed by atoms with van der Waals surface area (Å²) in [5, 5.41) is 0. The van der Waals surface area contributed by atoms with Crippen LogP contribution in [-0.4, -0.2) is 19.2 Å². The fraction of sp³-hybridized carbons (Fsp3) is 0.375. The van der Waals surface area contributed by atoms with Crippen molar-refractivity contribution in [1.82, 2.24) is 4.98 Å². The van der Waals surface area contributed by atoms with Crippen molar-refractivity contribution in [2.75, 3.05) is 5.75 Å². The summed E-state index contributed by atoms with van der Waals surface area (Å²) in [4.78, 5) is 3.99. The summed E-state index contributed by atoms with van der Waals surface area (Å²) in [6.45, 7) is 1.63. The van der Waals surface area contributed by atoms with Gasteiger partial charge in [0.1, 0.15) is 0 Å². The van der Waals surface area contributed by atoms with E-state index in [4.69, 9.17) is 0 Å². The minimum absolute atomic E-state index is 0.0246. The molecule has 0 amide bonds. The minimum Gasteiger partial charge on any atom is -0.259 e. The molecule has 0 fully saturated rings. The second-order valence-electron chi connectivity index (χ2n) is 2.64. The lowest BCUT2D eigenvalue weighted by Gasteiger charge is -2.00. The number of hydrogen-bond donors (Lipinski definition) is 0. The normalized spacial score (nSPS) is 11.5. The Kier molecular flexibility index (Phi) is 3.44. The first-order valence-electron chi connectivity index (χ1n) is 3.84. The Labute approximate surface area is 86.2 Å². The molecule has 0 saturated carbocycles. The molecule has 1 aromatic heterocycles. The Morgan fingerprint density at radius 1 is 1.46 bits per heavy atom. The summed E-state index contributed by atoms with van der Waals surface area (Å²) < 4.78 is 23.3. The van der Waals surface area contributed by atoms with E-state index in [1.807, 2.05) is 0 Å². The van der Waals surface area contributed by atoms with Gasteiger partial charge in [-0.25, -0.2) is 8.42 Å². The molecule has 1 rings (SSSR count). The van der Waals surface area contributed by atoms with E-state index < -0.39 is 9.84 Å². The zero-order valence-corrected chi connectivity index (χ0v) is 9.60. The topological polar surface area (TPSA) is 47.0 Å². The third-order valence-electron chi connectivity index (χ3n) is 1.60. The van der Waals surface area contributed by atoms with E-state index >= 15 is 0 Å². The highest BCUT2D eigenvalue weighted by Crippen LogP contribution is 2.09. The average Bonchev–Trinajstić information content (AvgIpc) is 2.09. The third-order valence-corrected chi connectivity index (χ3v) is 3.68. The molecule has 72 valence electrons. The molecule has 1 heterocycles. The van der Waals surface area contributed by atoms with Crippen molar-refractivity contribution in [3.05, 3.63) is 28.5 Å². The molecule has 0 atom stereocenters. The molecular formula is C8H10BrNO2S. The van der Waals surface area contributed by atoms with Crippen molar-refractivity contribution < 1.29 is 8.42 Å². The van der Waals surface area contributed by atoms with E-state index in [9.17, 15) is 8.42 Å². The number of hydrogen-bond acceptors (Lipinski definition) is 3. The van der Waals surface area contributed by atoms with Gasteiger partial charge in [0.25, 0.3) is 0 Å². The van der Waals surface area contributed by atoms with Crippen LogP contribution in [0.25, 0.3) is 0 Å². The Bertz CT molecular complexity index is 372. The van der Waals surface area contributed by atoms with Gasteiger partial charge in [-0.3, -0.25) is 4.98 Å². The van der Waals surface area contributed by atoms with Crippen molar-refractivity contribution in [3.63, 3.8) is 0 Å². The predicted octanol–water partition coefficient (Wildman–Crippen LogP) is 1.78. The lowest BCUT2D eigenvalue weighted by molar-refractivity contribution is 0.596. The molecule has 0 spiro atoms. The maximum absolute atomic E-state index is 11.2. The highest BCUT2D eigenvalue weighted by molar-refractivity contribution is 9.10. The Hall–Kier alpha value is -0.420. The van der Waals surface area contributed by atoms with Gasteiger partial charge < -0.3 is 0 Å². The summed E-state index contributed by atoms with van der Waals surface area (Å²) in [7, 11) is -2.96. The monoisotopic (exact) mass is 263 g/mol. The number of pyridine rings is 1. The smallest absolute Gasteiger partial charge is 0.155 e. The van der Waals surface area contributed by atoms with Crippen LogP contribution in [0.3, 0.4) is 0 Å². The standard InChI is InChI=1S/C8H10BrNO2S/c1-2-13(11,12)6-8-4-3-7(9)5-10-8/h3-5H,2,6H2,1H3. The van der Waals surface area contributed by atoms with Crippen LogP contribution in [0.2, 0.25) is 0 Å². The number of sulfone groups is 1. The van der Waals surface area contributed by atoms with Crippen molar-refractivity contribution in [3.8, 4) is 0 Å². The van der Waals surface area contributed by atoms with Crippen LogP contribution in [0.15, 0.2) is 22.8 Å². The van der Waals surface area contributed by atoms with Gasteiger partial charge in [-0.15, -0.1) is 0 Å². The number of halogens is 1. The second kappa shape index (κ2) is 4.19. The van der Waals surface area contributed by atoms with Gasteiger partial charge in [-0.2, -0.15) is 0 Å². The summed E-state index contributed by atoms with van der Waals surface area (Å²) >= 11 is 3.23. The largest absolute Gasteiger partial charge is 0.259 e.